The molecule has 1 aromatic rings. The molecule has 4 nitrogen and oxygen atoms in total. The summed E-state index contributed by atoms with van der Waals surface area (Å²) in [5.41, 5.74) is 1.97. The first-order valence-corrected chi connectivity index (χ1v) is 9.63. The number of ketones is 1. The highest BCUT2D eigenvalue weighted by Gasteiger charge is 2.25. The molecule has 0 bridgehead atoms. The van der Waals surface area contributed by atoms with E-state index in [9.17, 15) is 9.90 Å². The first kappa shape index (κ1) is 20.2. The first-order chi connectivity index (χ1) is 11.8. The van der Waals surface area contributed by atoms with Gasteiger partial charge < -0.3 is 15.3 Å². The number of anilines is 1. The summed E-state index contributed by atoms with van der Waals surface area (Å²) in [6.45, 7) is 5.58. The van der Waals surface area contributed by atoms with E-state index in [1.165, 1.54) is 0 Å². The van der Waals surface area contributed by atoms with Crippen LogP contribution in [0.3, 0.4) is 0 Å². The Hall–Kier alpha value is -1.10. The molecule has 1 aliphatic heterocycles. The Morgan fingerprint density at radius 2 is 2.16 bits per heavy atom. The topological polar surface area (TPSA) is 52.6 Å². The Morgan fingerprint density at radius 3 is 2.84 bits per heavy atom. The normalized spacial score (nSPS) is 22.6. The van der Waals surface area contributed by atoms with Gasteiger partial charge in [0.1, 0.15) is 0 Å². The number of benzene rings is 1. The summed E-state index contributed by atoms with van der Waals surface area (Å²) in [5, 5.41) is 14.1. The van der Waals surface area contributed by atoms with E-state index in [1.54, 1.807) is 6.92 Å². The number of carbonyl (C=O) groups excluding carboxylic acids is 1. The lowest BCUT2D eigenvalue weighted by Gasteiger charge is -2.34. The highest BCUT2D eigenvalue weighted by Crippen LogP contribution is 2.23. The number of hydrogen-bond acceptors (Lipinski definition) is 4. The zero-order valence-corrected chi connectivity index (χ0v) is 16.4. The predicted molar refractivity (Wildman–Crippen MR) is 104 cm³/mol. The van der Waals surface area contributed by atoms with Gasteiger partial charge in [-0.2, -0.15) is 0 Å². The first-order valence-electron chi connectivity index (χ1n) is 9.26. The lowest BCUT2D eigenvalue weighted by molar-refractivity contribution is -0.117. The number of hydrogen-bond donors (Lipinski definition) is 2. The van der Waals surface area contributed by atoms with E-state index in [1.807, 2.05) is 25.1 Å². The molecule has 0 aromatic heterocycles. The molecule has 0 aliphatic carbocycles. The van der Waals surface area contributed by atoms with Gasteiger partial charge in [-0.05, 0) is 69.8 Å². The molecule has 3 atom stereocenters. The molecule has 1 fully saturated rings. The Bertz CT molecular complexity index is 559. The van der Waals surface area contributed by atoms with Gasteiger partial charge in [-0.25, -0.2) is 0 Å². The number of aliphatic hydroxyl groups excluding tert-OH is 1. The maximum atomic E-state index is 12.0. The summed E-state index contributed by atoms with van der Waals surface area (Å²) < 4.78 is 0. The number of piperidine rings is 1. The summed E-state index contributed by atoms with van der Waals surface area (Å²) in [5.74, 6) is 0.508. The van der Waals surface area contributed by atoms with Crippen molar-refractivity contribution in [2.75, 3.05) is 25.5 Å². The maximum Gasteiger partial charge on any atom is 0.151 e. The zero-order chi connectivity index (χ0) is 18.4. The van der Waals surface area contributed by atoms with Crippen molar-refractivity contribution in [3.63, 3.8) is 0 Å². The molecule has 140 valence electrons. The van der Waals surface area contributed by atoms with Crippen LogP contribution in [0.15, 0.2) is 18.2 Å². The number of nitrogens with zero attached hydrogens (tertiary/aromatic N) is 1. The van der Waals surface area contributed by atoms with E-state index < -0.39 is 0 Å². The van der Waals surface area contributed by atoms with Gasteiger partial charge >= 0.3 is 0 Å². The van der Waals surface area contributed by atoms with Crippen LogP contribution in [0.1, 0.15) is 44.6 Å². The molecule has 0 unspecified atom stereocenters. The third kappa shape index (κ3) is 6.61. The molecule has 0 spiro atoms. The fourth-order valence-electron chi connectivity index (χ4n) is 3.64. The number of aryl methyl sites for hydroxylation is 1. The molecule has 1 saturated heterocycles. The lowest BCUT2D eigenvalue weighted by Crippen LogP contribution is -2.41. The fraction of sp³-hybridized carbons (Fsp3) is 0.650. The molecule has 5 heteroatoms. The second kappa shape index (κ2) is 9.56. The predicted octanol–water partition coefficient (Wildman–Crippen LogP) is 3.89. The molecule has 1 aromatic carbocycles. The highest BCUT2D eigenvalue weighted by atomic mass is 35.5. The number of carbonyl (C=O) groups is 1. The minimum atomic E-state index is -0.184. The van der Waals surface area contributed by atoms with E-state index in [2.05, 4.69) is 17.3 Å². The molecule has 2 N–H and O–H groups in total. The van der Waals surface area contributed by atoms with Crippen LogP contribution in [0, 0.1) is 12.8 Å². The summed E-state index contributed by atoms with van der Waals surface area (Å²) in [6, 6.07) is 5.59. The number of likely N-dealkylation sites (tertiary alicyclic amines) is 1. The number of Topliss-reactive ketones (excluding diaryl/α,β-unsaturated/α-hetero) is 1. The van der Waals surface area contributed by atoms with Gasteiger partial charge in [0.2, 0.25) is 0 Å². The summed E-state index contributed by atoms with van der Waals surface area (Å²) in [6.07, 6.45) is 4.53. The van der Waals surface area contributed by atoms with Gasteiger partial charge in [-0.3, -0.25) is 4.79 Å². The van der Waals surface area contributed by atoms with Crippen molar-refractivity contribution in [1.29, 1.82) is 0 Å². The molecule has 0 amide bonds. The van der Waals surface area contributed by atoms with Gasteiger partial charge in [0.05, 0.1) is 12.1 Å². The Morgan fingerprint density at radius 1 is 1.40 bits per heavy atom. The van der Waals surface area contributed by atoms with Crippen molar-refractivity contribution in [3.05, 3.63) is 28.8 Å². The average molecular weight is 367 g/mol. The third-order valence-corrected chi connectivity index (χ3v) is 5.31. The van der Waals surface area contributed by atoms with E-state index >= 15 is 0 Å². The largest absolute Gasteiger partial charge is 0.393 e. The van der Waals surface area contributed by atoms with E-state index in [-0.39, 0.29) is 17.9 Å². The second-order valence-electron chi connectivity index (χ2n) is 7.49. The van der Waals surface area contributed by atoms with E-state index in [0.717, 1.165) is 56.4 Å². The van der Waals surface area contributed by atoms with Crippen molar-refractivity contribution in [3.8, 4) is 0 Å². The van der Waals surface area contributed by atoms with E-state index in [4.69, 9.17) is 11.6 Å². The van der Waals surface area contributed by atoms with Crippen molar-refractivity contribution in [2.24, 2.45) is 5.92 Å². The summed E-state index contributed by atoms with van der Waals surface area (Å²) in [4.78, 5) is 14.3. The van der Waals surface area contributed by atoms with Crippen LogP contribution in [0.5, 0.6) is 0 Å². The SMILES string of the molecule is CC(=O)[C@@H](CCCC[C@H]1CN(C)CC[C@@H]1O)Nc1cc(C)cc(Cl)c1. The summed E-state index contributed by atoms with van der Waals surface area (Å²) in [7, 11) is 2.11. The van der Waals surface area contributed by atoms with Crippen molar-refractivity contribution in [1.82, 2.24) is 4.90 Å². The number of halogens is 1. The van der Waals surface area contributed by atoms with Crippen LogP contribution in [-0.4, -0.2) is 48.1 Å². The number of nitrogens with one attached hydrogen (secondary N) is 1. The van der Waals surface area contributed by atoms with Crippen LogP contribution < -0.4 is 5.32 Å². The van der Waals surface area contributed by atoms with Gasteiger partial charge in [0, 0.05) is 23.8 Å². The van der Waals surface area contributed by atoms with Crippen LogP contribution in [-0.2, 0) is 4.79 Å². The lowest BCUT2D eigenvalue weighted by atomic mass is 9.89. The standard InChI is InChI=1S/C20H31ClN2O2/c1-14-10-17(21)12-18(11-14)22-19(15(2)24)7-5-4-6-16-13-23(3)9-8-20(16)25/h10-12,16,19-20,22,25H,4-9,13H2,1-3H3/t16-,19+,20-/m0/s1. The average Bonchev–Trinajstić information content (AvgIpc) is 2.52. The van der Waals surface area contributed by atoms with Crippen LogP contribution in [0.2, 0.25) is 5.02 Å². The van der Waals surface area contributed by atoms with Crippen molar-refractivity contribution >= 4 is 23.1 Å². The highest BCUT2D eigenvalue weighted by molar-refractivity contribution is 6.30. The molecular weight excluding hydrogens is 336 g/mol. The molecule has 1 heterocycles. The minimum Gasteiger partial charge on any atom is -0.393 e. The molecule has 2 rings (SSSR count). The van der Waals surface area contributed by atoms with Crippen LogP contribution in [0.4, 0.5) is 5.69 Å². The van der Waals surface area contributed by atoms with Gasteiger partial charge in [0.25, 0.3) is 0 Å². The minimum absolute atomic E-state index is 0.148. The van der Waals surface area contributed by atoms with Gasteiger partial charge in [0.15, 0.2) is 5.78 Å². The summed E-state index contributed by atoms with van der Waals surface area (Å²) >= 11 is 6.10. The molecular formula is C20H31ClN2O2. The number of aliphatic hydroxyl groups is 1. The van der Waals surface area contributed by atoms with Crippen molar-refractivity contribution < 1.29 is 9.90 Å². The monoisotopic (exact) mass is 366 g/mol. The van der Waals surface area contributed by atoms with Crippen LogP contribution >= 0.6 is 11.6 Å². The van der Waals surface area contributed by atoms with E-state index in [0.29, 0.717) is 10.9 Å². The van der Waals surface area contributed by atoms with Gasteiger partial charge in [-0.1, -0.05) is 24.4 Å². The number of rotatable bonds is 8. The Balaban J connectivity index is 1.80. The maximum absolute atomic E-state index is 12.0. The molecule has 1 aliphatic rings. The molecule has 0 saturated carbocycles. The van der Waals surface area contributed by atoms with Crippen molar-refractivity contribution in [2.45, 2.75) is 58.1 Å². The quantitative estimate of drug-likeness (QED) is 0.685. The molecule has 25 heavy (non-hydrogen) atoms. The zero-order valence-electron chi connectivity index (χ0n) is 15.6. The fourth-order valence-corrected chi connectivity index (χ4v) is 3.93. The Labute approximate surface area is 156 Å². The molecule has 0 radical (unpaired) electrons. The third-order valence-electron chi connectivity index (χ3n) is 5.09. The second-order valence-corrected chi connectivity index (χ2v) is 7.92. The van der Waals surface area contributed by atoms with Gasteiger partial charge in [-0.15, -0.1) is 0 Å². The Kier molecular flexibility index (Phi) is 7.73. The smallest absolute Gasteiger partial charge is 0.151 e. The number of unbranched alkanes of at least 4 members (excludes halogenated alkanes) is 1. The van der Waals surface area contributed by atoms with Crippen LogP contribution in [0.25, 0.3) is 0 Å².